The average Bonchev–Trinajstić information content (AvgIpc) is 3.01. The summed E-state index contributed by atoms with van der Waals surface area (Å²) in [4.78, 5) is 26.2. The maximum atomic E-state index is 12.2. The maximum Gasteiger partial charge on any atom is 0.319 e. The Morgan fingerprint density at radius 2 is 1.88 bits per heavy atom. The van der Waals surface area contributed by atoms with E-state index < -0.39 is 0 Å². The molecule has 3 rings (SSSR count). The fraction of sp³-hybridized carbons (Fsp3) is 0.300. The Morgan fingerprint density at radius 1 is 1.15 bits per heavy atom. The second-order valence-electron chi connectivity index (χ2n) is 6.37. The molecule has 3 amide bonds. The lowest BCUT2D eigenvalue weighted by Gasteiger charge is -2.17. The molecule has 136 valence electrons. The van der Waals surface area contributed by atoms with E-state index in [1.165, 1.54) is 0 Å². The number of carbonyl (C=O) groups is 2. The highest BCUT2D eigenvalue weighted by Gasteiger charge is 2.29. The number of hydrogen-bond donors (Lipinski definition) is 2. The van der Waals surface area contributed by atoms with Crippen LogP contribution >= 0.6 is 0 Å². The van der Waals surface area contributed by atoms with Crippen molar-refractivity contribution in [3.63, 3.8) is 0 Å². The zero-order chi connectivity index (χ0) is 18.4. The molecule has 0 spiro atoms. The van der Waals surface area contributed by atoms with Gasteiger partial charge in [-0.1, -0.05) is 42.5 Å². The van der Waals surface area contributed by atoms with Crippen LogP contribution in [0.15, 0.2) is 54.6 Å². The third-order valence-electron chi connectivity index (χ3n) is 4.42. The van der Waals surface area contributed by atoms with Gasteiger partial charge in [0.05, 0.1) is 12.8 Å². The van der Waals surface area contributed by atoms with Crippen molar-refractivity contribution >= 4 is 17.6 Å². The summed E-state index contributed by atoms with van der Waals surface area (Å²) in [6.45, 7) is 1.73. The predicted octanol–water partition coefficient (Wildman–Crippen LogP) is 2.87. The van der Waals surface area contributed by atoms with E-state index >= 15 is 0 Å². The molecule has 0 saturated carbocycles. The normalized spacial score (nSPS) is 16.4. The van der Waals surface area contributed by atoms with E-state index in [1.54, 1.807) is 19.2 Å². The summed E-state index contributed by atoms with van der Waals surface area (Å²) in [6, 6.07) is 16.9. The molecular formula is C20H23N3O3. The first kappa shape index (κ1) is 17.8. The number of benzene rings is 2. The number of nitrogens with zero attached hydrogens (tertiary/aromatic N) is 1. The first-order valence-corrected chi connectivity index (χ1v) is 8.65. The topological polar surface area (TPSA) is 70.7 Å². The van der Waals surface area contributed by atoms with Gasteiger partial charge in [-0.05, 0) is 17.7 Å². The molecule has 2 N–H and O–H groups in total. The SMILES string of the molecule is COc1ccccc1NC(=O)NCC1CC(=O)N(Cc2ccccc2)C1. The van der Waals surface area contributed by atoms with Crippen LogP contribution in [0, 0.1) is 5.92 Å². The molecule has 1 aliphatic heterocycles. The lowest BCUT2D eigenvalue weighted by atomic mass is 10.1. The summed E-state index contributed by atoms with van der Waals surface area (Å²) in [7, 11) is 1.56. The third-order valence-corrected chi connectivity index (χ3v) is 4.42. The highest BCUT2D eigenvalue weighted by molar-refractivity contribution is 5.91. The zero-order valence-corrected chi connectivity index (χ0v) is 14.8. The van der Waals surface area contributed by atoms with Crippen molar-refractivity contribution < 1.29 is 14.3 Å². The fourth-order valence-electron chi connectivity index (χ4n) is 3.10. The van der Waals surface area contributed by atoms with E-state index in [9.17, 15) is 9.59 Å². The average molecular weight is 353 g/mol. The number of para-hydroxylation sites is 2. The summed E-state index contributed by atoms with van der Waals surface area (Å²) in [5.41, 5.74) is 1.73. The van der Waals surface area contributed by atoms with Crippen molar-refractivity contribution in [2.45, 2.75) is 13.0 Å². The molecule has 0 aliphatic carbocycles. The van der Waals surface area contributed by atoms with Crippen LogP contribution in [-0.4, -0.2) is 37.0 Å². The van der Waals surface area contributed by atoms with Crippen LogP contribution in [0.5, 0.6) is 5.75 Å². The summed E-state index contributed by atoms with van der Waals surface area (Å²) in [6.07, 6.45) is 0.460. The lowest BCUT2D eigenvalue weighted by molar-refractivity contribution is -0.128. The Balaban J connectivity index is 1.48. The van der Waals surface area contributed by atoms with Crippen molar-refractivity contribution in [2.75, 3.05) is 25.5 Å². The van der Waals surface area contributed by atoms with Gasteiger partial charge in [0.2, 0.25) is 5.91 Å². The number of ether oxygens (including phenoxy) is 1. The van der Waals surface area contributed by atoms with Crippen LogP contribution in [-0.2, 0) is 11.3 Å². The van der Waals surface area contributed by atoms with Crippen molar-refractivity contribution in [3.8, 4) is 5.75 Å². The number of anilines is 1. The number of methoxy groups -OCH3 is 1. The minimum Gasteiger partial charge on any atom is -0.495 e. The Labute approximate surface area is 153 Å². The minimum atomic E-state index is -0.302. The smallest absolute Gasteiger partial charge is 0.319 e. The van der Waals surface area contributed by atoms with Gasteiger partial charge in [0.1, 0.15) is 5.75 Å². The molecule has 1 unspecified atom stereocenters. The molecule has 1 saturated heterocycles. The molecule has 0 radical (unpaired) electrons. The van der Waals surface area contributed by atoms with E-state index in [2.05, 4.69) is 10.6 Å². The minimum absolute atomic E-state index is 0.120. The van der Waals surface area contributed by atoms with Crippen LogP contribution in [0.3, 0.4) is 0 Å². The van der Waals surface area contributed by atoms with Gasteiger partial charge in [-0.25, -0.2) is 4.79 Å². The monoisotopic (exact) mass is 353 g/mol. The second-order valence-corrected chi connectivity index (χ2v) is 6.37. The number of rotatable bonds is 6. The summed E-state index contributed by atoms with van der Waals surface area (Å²) in [5, 5.41) is 5.62. The lowest BCUT2D eigenvalue weighted by Crippen LogP contribution is -2.34. The summed E-state index contributed by atoms with van der Waals surface area (Å²) < 4.78 is 5.22. The van der Waals surface area contributed by atoms with Gasteiger partial charge in [-0.15, -0.1) is 0 Å². The number of carbonyl (C=O) groups excluding carboxylic acids is 2. The van der Waals surface area contributed by atoms with E-state index in [0.29, 0.717) is 37.5 Å². The molecular weight excluding hydrogens is 330 g/mol. The van der Waals surface area contributed by atoms with Gasteiger partial charge >= 0.3 is 6.03 Å². The molecule has 1 fully saturated rings. The first-order valence-electron chi connectivity index (χ1n) is 8.65. The molecule has 6 nitrogen and oxygen atoms in total. The van der Waals surface area contributed by atoms with Crippen LogP contribution in [0.2, 0.25) is 0 Å². The Hall–Kier alpha value is -3.02. The molecule has 1 aliphatic rings. The Kier molecular flexibility index (Phi) is 5.73. The van der Waals surface area contributed by atoms with E-state index in [4.69, 9.17) is 4.74 Å². The highest BCUT2D eigenvalue weighted by atomic mass is 16.5. The van der Waals surface area contributed by atoms with Crippen molar-refractivity contribution in [1.82, 2.24) is 10.2 Å². The highest BCUT2D eigenvalue weighted by Crippen LogP contribution is 2.23. The molecule has 0 aromatic heterocycles. The number of likely N-dealkylation sites (tertiary alicyclic amines) is 1. The van der Waals surface area contributed by atoms with Crippen molar-refractivity contribution in [2.24, 2.45) is 5.92 Å². The summed E-state index contributed by atoms with van der Waals surface area (Å²) in [5.74, 6) is 0.855. The van der Waals surface area contributed by atoms with Gasteiger partial charge in [-0.2, -0.15) is 0 Å². The van der Waals surface area contributed by atoms with Crippen molar-refractivity contribution in [1.29, 1.82) is 0 Å². The quantitative estimate of drug-likeness (QED) is 0.839. The molecule has 1 heterocycles. The van der Waals surface area contributed by atoms with Crippen LogP contribution < -0.4 is 15.4 Å². The van der Waals surface area contributed by atoms with Gasteiger partial charge in [0.25, 0.3) is 0 Å². The predicted molar refractivity (Wildman–Crippen MR) is 100.0 cm³/mol. The van der Waals surface area contributed by atoms with E-state index in [0.717, 1.165) is 5.56 Å². The third kappa shape index (κ3) is 4.53. The number of hydrogen-bond acceptors (Lipinski definition) is 3. The molecule has 26 heavy (non-hydrogen) atoms. The van der Waals surface area contributed by atoms with Crippen molar-refractivity contribution in [3.05, 3.63) is 60.2 Å². The Morgan fingerprint density at radius 3 is 2.65 bits per heavy atom. The van der Waals surface area contributed by atoms with Gasteiger partial charge in [0, 0.05) is 32.0 Å². The maximum absolute atomic E-state index is 12.2. The summed E-state index contributed by atoms with van der Waals surface area (Å²) >= 11 is 0. The van der Waals surface area contributed by atoms with E-state index in [-0.39, 0.29) is 17.9 Å². The van der Waals surface area contributed by atoms with Crippen LogP contribution in [0.25, 0.3) is 0 Å². The van der Waals surface area contributed by atoms with Gasteiger partial charge in [0.15, 0.2) is 0 Å². The zero-order valence-electron chi connectivity index (χ0n) is 14.8. The van der Waals surface area contributed by atoms with Gasteiger partial charge in [-0.3, -0.25) is 4.79 Å². The first-order chi connectivity index (χ1) is 12.7. The second kappa shape index (κ2) is 8.38. The number of nitrogens with one attached hydrogen (secondary N) is 2. The molecule has 2 aromatic carbocycles. The molecule has 2 aromatic rings. The molecule has 0 bridgehead atoms. The van der Waals surface area contributed by atoms with Gasteiger partial charge < -0.3 is 20.3 Å². The molecule has 6 heteroatoms. The number of urea groups is 1. The molecule has 1 atom stereocenters. The largest absolute Gasteiger partial charge is 0.495 e. The Bertz CT molecular complexity index is 764. The fourth-order valence-corrected chi connectivity index (χ4v) is 3.10. The van der Waals surface area contributed by atoms with E-state index in [1.807, 2.05) is 47.4 Å². The van der Waals surface area contributed by atoms with Crippen LogP contribution in [0.4, 0.5) is 10.5 Å². The van der Waals surface area contributed by atoms with Crippen LogP contribution in [0.1, 0.15) is 12.0 Å². The standard InChI is InChI=1S/C20H23N3O3/c1-26-18-10-6-5-9-17(18)22-20(25)21-12-16-11-19(24)23(14-16)13-15-7-3-2-4-8-15/h2-10,16H,11-14H2,1H3,(H2,21,22,25). The number of amides is 3.